The molecule has 0 rings (SSSR count). The van der Waals surface area contributed by atoms with Gasteiger partial charge in [-0.3, -0.25) is 4.79 Å². The minimum absolute atomic E-state index is 0.304. The molecular formula is C10H21NO. The van der Waals surface area contributed by atoms with Crippen LogP contribution >= 0.6 is 0 Å². The smallest absolute Gasteiger partial charge is 0.152 e. The zero-order valence-electron chi connectivity index (χ0n) is 8.90. The van der Waals surface area contributed by atoms with Crippen molar-refractivity contribution in [3.8, 4) is 0 Å². The fourth-order valence-electron chi connectivity index (χ4n) is 1.56. The number of rotatable bonds is 5. The number of carbonyl (C=O) groups is 1. The summed E-state index contributed by atoms with van der Waals surface area (Å²) in [5, 5.41) is 3.11. The van der Waals surface area contributed by atoms with E-state index < -0.39 is 0 Å². The van der Waals surface area contributed by atoms with E-state index in [4.69, 9.17) is 0 Å². The molecule has 0 aromatic rings. The van der Waals surface area contributed by atoms with Gasteiger partial charge in [0.15, 0.2) is 5.78 Å². The molecule has 0 bridgehead atoms. The Hall–Kier alpha value is -0.370. The maximum Gasteiger partial charge on any atom is 0.152 e. The molecule has 2 nitrogen and oxygen atoms in total. The summed E-state index contributed by atoms with van der Waals surface area (Å²) in [5.41, 5.74) is -0.317. The Morgan fingerprint density at radius 1 is 1.50 bits per heavy atom. The van der Waals surface area contributed by atoms with Gasteiger partial charge in [0.2, 0.25) is 0 Å². The van der Waals surface area contributed by atoms with Crippen LogP contribution in [0, 0.1) is 5.92 Å². The monoisotopic (exact) mass is 171 g/mol. The third kappa shape index (κ3) is 2.94. The van der Waals surface area contributed by atoms with E-state index in [0.29, 0.717) is 18.1 Å². The molecule has 12 heavy (non-hydrogen) atoms. The number of likely N-dealkylation sites (N-methyl/N-ethyl adjacent to an activating group) is 1. The Kier molecular flexibility index (Phi) is 4.46. The lowest BCUT2D eigenvalue weighted by molar-refractivity contribution is -0.125. The molecule has 0 heterocycles. The summed E-state index contributed by atoms with van der Waals surface area (Å²) in [7, 11) is 1.86. The van der Waals surface area contributed by atoms with Gasteiger partial charge < -0.3 is 5.32 Å². The molecule has 1 atom stereocenters. The maximum atomic E-state index is 11.5. The van der Waals surface area contributed by atoms with Crippen LogP contribution in [0.25, 0.3) is 0 Å². The summed E-state index contributed by atoms with van der Waals surface area (Å²) in [5.74, 6) is 0.858. The van der Waals surface area contributed by atoms with Crippen molar-refractivity contribution in [2.45, 2.75) is 46.1 Å². The molecule has 2 heteroatoms. The summed E-state index contributed by atoms with van der Waals surface area (Å²) in [4.78, 5) is 11.5. The van der Waals surface area contributed by atoms with Crippen molar-refractivity contribution in [3.05, 3.63) is 0 Å². The maximum absolute atomic E-state index is 11.5. The number of Topliss-reactive ketones (excluding diaryl/α,β-unsaturated/α-hetero) is 1. The number of carbonyl (C=O) groups excluding carboxylic acids is 1. The lowest BCUT2D eigenvalue weighted by atomic mass is 9.86. The zero-order valence-corrected chi connectivity index (χ0v) is 8.90. The molecular weight excluding hydrogens is 150 g/mol. The minimum Gasteiger partial charge on any atom is -0.308 e. The third-order valence-electron chi connectivity index (χ3n) is 2.30. The Morgan fingerprint density at radius 2 is 2.00 bits per heavy atom. The molecule has 0 aromatic heterocycles. The predicted octanol–water partition coefficient (Wildman–Crippen LogP) is 1.99. The van der Waals surface area contributed by atoms with Crippen LogP contribution in [0.15, 0.2) is 0 Å². The zero-order chi connectivity index (χ0) is 9.78. The van der Waals surface area contributed by atoms with Crippen LogP contribution in [-0.2, 0) is 4.79 Å². The van der Waals surface area contributed by atoms with E-state index in [1.54, 1.807) is 0 Å². The van der Waals surface area contributed by atoms with Crippen molar-refractivity contribution in [3.63, 3.8) is 0 Å². The van der Waals surface area contributed by atoms with Crippen LogP contribution in [0.2, 0.25) is 0 Å². The molecule has 0 radical (unpaired) electrons. The molecule has 0 amide bonds. The van der Waals surface area contributed by atoms with Gasteiger partial charge in [-0.25, -0.2) is 0 Å². The molecule has 72 valence electrons. The van der Waals surface area contributed by atoms with Crippen molar-refractivity contribution in [2.75, 3.05) is 7.05 Å². The molecule has 1 unspecified atom stereocenters. The van der Waals surface area contributed by atoms with Gasteiger partial charge in [-0.15, -0.1) is 0 Å². The van der Waals surface area contributed by atoms with E-state index in [1.807, 2.05) is 20.9 Å². The molecule has 0 aliphatic heterocycles. The van der Waals surface area contributed by atoms with E-state index in [0.717, 1.165) is 6.42 Å². The average molecular weight is 171 g/mol. The highest BCUT2D eigenvalue weighted by Gasteiger charge is 2.29. The van der Waals surface area contributed by atoms with Gasteiger partial charge in [0, 0.05) is 6.42 Å². The first-order valence-corrected chi connectivity index (χ1v) is 4.68. The molecule has 0 aliphatic carbocycles. The standard InChI is InChI=1S/C10H21NO/c1-6-9(12)10(4,11-5)7-8(2)3/h8,11H,6-7H2,1-5H3. The Balaban J connectivity index is 4.33. The van der Waals surface area contributed by atoms with Gasteiger partial charge in [-0.2, -0.15) is 0 Å². The minimum atomic E-state index is -0.317. The van der Waals surface area contributed by atoms with Gasteiger partial charge in [0.05, 0.1) is 5.54 Å². The van der Waals surface area contributed by atoms with Crippen LogP contribution in [-0.4, -0.2) is 18.4 Å². The van der Waals surface area contributed by atoms with Crippen molar-refractivity contribution in [1.82, 2.24) is 5.32 Å². The van der Waals surface area contributed by atoms with Crippen molar-refractivity contribution < 1.29 is 4.79 Å². The molecule has 0 aromatic carbocycles. The molecule has 0 spiro atoms. The van der Waals surface area contributed by atoms with E-state index in [1.165, 1.54) is 0 Å². The summed E-state index contributed by atoms with van der Waals surface area (Å²) < 4.78 is 0. The largest absolute Gasteiger partial charge is 0.308 e. The number of hydrogen-bond donors (Lipinski definition) is 1. The van der Waals surface area contributed by atoms with Gasteiger partial charge in [-0.1, -0.05) is 20.8 Å². The summed E-state index contributed by atoms with van der Waals surface area (Å²) in [6.45, 7) is 8.17. The SMILES string of the molecule is CCC(=O)C(C)(CC(C)C)NC. The van der Waals surface area contributed by atoms with E-state index in [9.17, 15) is 4.79 Å². The van der Waals surface area contributed by atoms with Crippen LogP contribution < -0.4 is 5.32 Å². The van der Waals surface area contributed by atoms with Crippen molar-refractivity contribution in [1.29, 1.82) is 0 Å². The predicted molar refractivity (Wildman–Crippen MR) is 52.2 cm³/mol. The van der Waals surface area contributed by atoms with E-state index >= 15 is 0 Å². The van der Waals surface area contributed by atoms with Crippen LogP contribution in [0.5, 0.6) is 0 Å². The first-order valence-electron chi connectivity index (χ1n) is 4.68. The van der Waals surface area contributed by atoms with Crippen molar-refractivity contribution >= 4 is 5.78 Å². The first kappa shape index (κ1) is 11.6. The van der Waals surface area contributed by atoms with E-state index in [2.05, 4.69) is 19.2 Å². The highest BCUT2D eigenvalue weighted by atomic mass is 16.1. The molecule has 0 aliphatic rings. The second-order valence-electron chi connectivity index (χ2n) is 3.96. The third-order valence-corrected chi connectivity index (χ3v) is 2.30. The lowest BCUT2D eigenvalue weighted by Crippen LogP contribution is -2.48. The summed E-state index contributed by atoms with van der Waals surface area (Å²) in [6, 6.07) is 0. The summed E-state index contributed by atoms with van der Waals surface area (Å²) >= 11 is 0. The van der Waals surface area contributed by atoms with Gasteiger partial charge in [0.25, 0.3) is 0 Å². The topological polar surface area (TPSA) is 29.1 Å². The second kappa shape index (κ2) is 4.61. The Bertz CT molecular complexity index is 154. The van der Waals surface area contributed by atoms with Crippen LogP contribution in [0.3, 0.4) is 0 Å². The van der Waals surface area contributed by atoms with Crippen molar-refractivity contribution in [2.24, 2.45) is 5.92 Å². The molecule has 1 N–H and O–H groups in total. The van der Waals surface area contributed by atoms with E-state index in [-0.39, 0.29) is 5.54 Å². The highest BCUT2D eigenvalue weighted by molar-refractivity contribution is 5.87. The quantitative estimate of drug-likeness (QED) is 0.685. The fourth-order valence-corrected chi connectivity index (χ4v) is 1.56. The highest BCUT2D eigenvalue weighted by Crippen LogP contribution is 2.18. The average Bonchev–Trinajstić information content (AvgIpc) is 2.01. The van der Waals surface area contributed by atoms with Crippen LogP contribution in [0.1, 0.15) is 40.5 Å². The second-order valence-corrected chi connectivity index (χ2v) is 3.96. The Morgan fingerprint density at radius 3 is 2.25 bits per heavy atom. The first-order chi connectivity index (χ1) is 5.46. The Labute approximate surface area is 75.7 Å². The lowest BCUT2D eigenvalue weighted by Gasteiger charge is -2.29. The number of nitrogens with one attached hydrogen (secondary N) is 1. The fraction of sp³-hybridized carbons (Fsp3) is 0.900. The number of ketones is 1. The molecule has 0 saturated heterocycles. The normalized spacial score (nSPS) is 16.2. The summed E-state index contributed by atoms with van der Waals surface area (Å²) in [6.07, 6.45) is 1.53. The van der Waals surface area contributed by atoms with Gasteiger partial charge in [-0.05, 0) is 26.3 Å². The van der Waals surface area contributed by atoms with Crippen LogP contribution in [0.4, 0.5) is 0 Å². The molecule has 0 fully saturated rings. The van der Waals surface area contributed by atoms with Gasteiger partial charge >= 0.3 is 0 Å². The van der Waals surface area contributed by atoms with Gasteiger partial charge in [0.1, 0.15) is 0 Å². The molecule has 0 saturated carbocycles. The number of hydrogen-bond acceptors (Lipinski definition) is 2.